The number of nitrogens with zero attached hydrogens (tertiary/aromatic N) is 4. The van der Waals surface area contributed by atoms with Crippen molar-refractivity contribution in [1.82, 2.24) is 14.9 Å². The van der Waals surface area contributed by atoms with Crippen LogP contribution < -0.4 is 19.7 Å². The van der Waals surface area contributed by atoms with Crippen LogP contribution in [0.25, 0.3) is 0 Å². The molecular formula is C28H33N5O4. The summed E-state index contributed by atoms with van der Waals surface area (Å²) in [5.74, 6) is 0.932. The molecule has 1 saturated heterocycles. The Morgan fingerprint density at radius 2 is 1.46 bits per heavy atom. The van der Waals surface area contributed by atoms with E-state index < -0.39 is 0 Å². The molecule has 1 aliphatic heterocycles. The highest BCUT2D eigenvalue weighted by molar-refractivity contribution is 6.09. The summed E-state index contributed by atoms with van der Waals surface area (Å²) in [7, 11) is 3.08. The first kappa shape index (κ1) is 25.9. The second kappa shape index (κ2) is 10.9. The molecule has 1 aromatic heterocycles. The van der Waals surface area contributed by atoms with Crippen LogP contribution >= 0.6 is 0 Å². The number of amides is 2. The molecule has 2 aromatic carbocycles. The van der Waals surface area contributed by atoms with Crippen molar-refractivity contribution in [1.29, 1.82) is 0 Å². The smallest absolute Gasteiger partial charge is 0.256 e. The molecule has 37 heavy (non-hydrogen) atoms. The van der Waals surface area contributed by atoms with Gasteiger partial charge < -0.3 is 24.6 Å². The normalized spacial score (nSPS) is 13.8. The predicted octanol–water partition coefficient (Wildman–Crippen LogP) is 4.01. The molecule has 9 nitrogen and oxygen atoms in total. The van der Waals surface area contributed by atoms with Crippen molar-refractivity contribution in [2.75, 3.05) is 50.6 Å². The predicted molar refractivity (Wildman–Crippen MR) is 143 cm³/mol. The summed E-state index contributed by atoms with van der Waals surface area (Å²) in [6.07, 6.45) is 0. The lowest BCUT2D eigenvalue weighted by Gasteiger charge is -2.35. The molecule has 3 aromatic rings. The van der Waals surface area contributed by atoms with Gasteiger partial charge >= 0.3 is 0 Å². The summed E-state index contributed by atoms with van der Waals surface area (Å²) >= 11 is 0. The SMILES string of the molecule is COc1cc(OC)nc(N2CCN(C(=O)c3ccccc3NC(=O)c3ccc(C(C)(C)C)cc3)CC2)n1. The fourth-order valence-electron chi connectivity index (χ4n) is 4.12. The molecule has 2 heterocycles. The average molecular weight is 504 g/mol. The largest absolute Gasteiger partial charge is 0.481 e. The molecule has 2 amide bonds. The third kappa shape index (κ3) is 5.99. The number of methoxy groups -OCH3 is 2. The number of benzene rings is 2. The standard InChI is InChI=1S/C28H33N5O4/c1-28(2,3)20-12-10-19(11-13-20)25(34)29-22-9-7-6-8-21(22)26(35)32-14-16-33(17-15-32)27-30-23(36-4)18-24(31-27)37-5/h6-13,18H,14-17H2,1-5H3,(H,29,34). The van der Waals surface area contributed by atoms with Crippen LogP contribution in [0.15, 0.2) is 54.6 Å². The van der Waals surface area contributed by atoms with Crippen LogP contribution in [0.1, 0.15) is 47.1 Å². The minimum absolute atomic E-state index is 0.00280. The monoisotopic (exact) mass is 503 g/mol. The Labute approximate surface area is 217 Å². The van der Waals surface area contributed by atoms with E-state index in [9.17, 15) is 9.59 Å². The Morgan fingerprint density at radius 3 is 2.03 bits per heavy atom. The van der Waals surface area contributed by atoms with Crippen LogP contribution in [0.5, 0.6) is 11.8 Å². The quantitative estimate of drug-likeness (QED) is 0.543. The Bertz CT molecular complexity index is 1240. The lowest BCUT2D eigenvalue weighted by molar-refractivity contribution is 0.0747. The van der Waals surface area contributed by atoms with Crippen LogP contribution in [0.4, 0.5) is 11.6 Å². The molecule has 0 unspecified atom stereocenters. The van der Waals surface area contributed by atoms with Crippen molar-refractivity contribution in [3.8, 4) is 11.8 Å². The van der Waals surface area contributed by atoms with Gasteiger partial charge in [0.25, 0.3) is 11.8 Å². The van der Waals surface area contributed by atoms with E-state index in [1.165, 1.54) is 0 Å². The maximum absolute atomic E-state index is 13.4. The van der Waals surface area contributed by atoms with Crippen molar-refractivity contribution in [3.05, 3.63) is 71.3 Å². The molecule has 1 N–H and O–H groups in total. The van der Waals surface area contributed by atoms with Gasteiger partial charge in [-0.15, -0.1) is 0 Å². The van der Waals surface area contributed by atoms with Gasteiger partial charge in [0.15, 0.2) is 0 Å². The zero-order chi connectivity index (χ0) is 26.6. The summed E-state index contributed by atoms with van der Waals surface area (Å²) in [6, 6.07) is 16.3. The van der Waals surface area contributed by atoms with Crippen LogP contribution in [0.2, 0.25) is 0 Å². The van der Waals surface area contributed by atoms with E-state index >= 15 is 0 Å². The van der Waals surface area contributed by atoms with E-state index in [1.807, 2.05) is 29.2 Å². The number of anilines is 2. The van der Waals surface area contributed by atoms with E-state index in [4.69, 9.17) is 9.47 Å². The van der Waals surface area contributed by atoms with E-state index in [-0.39, 0.29) is 17.2 Å². The molecular weight excluding hydrogens is 470 g/mol. The topological polar surface area (TPSA) is 96.9 Å². The third-order valence-electron chi connectivity index (χ3n) is 6.35. The lowest BCUT2D eigenvalue weighted by Crippen LogP contribution is -2.49. The van der Waals surface area contributed by atoms with Crippen LogP contribution in [-0.4, -0.2) is 67.1 Å². The van der Waals surface area contributed by atoms with Gasteiger partial charge in [0.2, 0.25) is 17.7 Å². The first-order valence-corrected chi connectivity index (χ1v) is 12.2. The molecule has 0 bridgehead atoms. The summed E-state index contributed by atoms with van der Waals surface area (Å²) in [6.45, 7) is 8.46. The molecule has 1 fully saturated rings. The van der Waals surface area contributed by atoms with Crippen molar-refractivity contribution in [2.45, 2.75) is 26.2 Å². The van der Waals surface area contributed by atoms with E-state index in [0.29, 0.717) is 60.7 Å². The van der Waals surface area contributed by atoms with Crippen molar-refractivity contribution in [2.24, 2.45) is 0 Å². The molecule has 0 radical (unpaired) electrons. The Kier molecular flexibility index (Phi) is 7.61. The fraction of sp³-hybridized carbons (Fsp3) is 0.357. The highest BCUT2D eigenvalue weighted by Gasteiger charge is 2.26. The van der Waals surface area contributed by atoms with Gasteiger partial charge in [-0.25, -0.2) is 0 Å². The van der Waals surface area contributed by atoms with Crippen molar-refractivity contribution < 1.29 is 19.1 Å². The highest BCUT2D eigenvalue weighted by atomic mass is 16.5. The van der Waals surface area contributed by atoms with Crippen molar-refractivity contribution >= 4 is 23.5 Å². The molecule has 9 heteroatoms. The summed E-state index contributed by atoms with van der Waals surface area (Å²) in [5, 5.41) is 2.92. The number of ether oxygens (including phenoxy) is 2. The minimum Gasteiger partial charge on any atom is -0.481 e. The first-order chi connectivity index (χ1) is 17.7. The molecule has 0 atom stereocenters. The summed E-state index contributed by atoms with van der Waals surface area (Å²) < 4.78 is 10.5. The number of para-hydroxylation sites is 1. The number of hydrogen-bond acceptors (Lipinski definition) is 7. The maximum atomic E-state index is 13.4. The zero-order valence-electron chi connectivity index (χ0n) is 21.9. The number of carbonyl (C=O) groups is 2. The Morgan fingerprint density at radius 1 is 0.865 bits per heavy atom. The minimum atomic E-state index is -0.255. The number of hydrogen-bond donors (Lipinski definition) is 1. The highest BCUT2D eigenvalue weighted by Crippen LogP contribution is 2.25. The van der Waals surface area contributed by atoms with Crippen molar-refractivity contribution in [3.63, 3.8) is 0 Å². The zero-order valence-corrected chi connectivity index (χ0v) is 21.9. The average Bonchev–Trinajstić information content (AvgIpc) is 2.92. The van der Waals surface area contributed by atoms with Gasteiger partial charge in [-0.1, -0.05) is 45.0 Å². The number of nitrogens with one attached hydrogen (secondary N) is 1. The van der Waals surface area contributed by atoms with E-state index in [0.717, 1.165) is 5.56 Å². The van der Waals surface area contributed by atoms with Gasteiger partial charge in [-0.05, 0) is 35.2 Å². The molecule has 0 aliphatic carbocycles. The number of rotatable bonds is 6. The molecule has 1 aliphatic rings. The molecule has 4 rings (SSSR count). The van der Waals surface area contributed by atoms with Crippen LogP contribution in [0, 0.1) is 0 Å². The third-order valence-corrected chi connectivity index (χ3v) is 6.35. The van der Waals surface area contributed by atoms with E-state index in [1.54, 1.807) is 49.5 Å². The second-order valence-corrected chi connectivity index (χ2v) is 9.86. The molecule has 194 valence electrons. The summed E-state index contributed by atoms with van der Waals surface area (Å²) in [4.78, 5) is 39.0. The first-order valence-electron chi connectivity index (χ1n) is 12.2. The number of carbonyl (C=O) groups excluding carboxylic acids is 2. The Balaban J connectivity index is 1.44. The number of piperazine rings is 1. The van der Waals surface area contributed by atoms with E-state index in [2.05, 4.69) is 36.1 Å². The molecule has 0 saturated carbocycles. The van der Waals surface area contributed by atoms with Gasteiger partial charge in [0, 0.05) is 31.7 Å². The fourth-order valence-corrected chi connectivity index (χ4v) is 4.12. The maximum Gasteiger partial charge on any atom is 0.256 e. The lowest BCUT2D eigenvalue weighted by atomic mass is 9.86. The number of aromatic nitrogens is 2. The second-order valence-electron chi connectivity index (χ2n) is 9.86. The Hall–Kier alpha value is -4.14. The summed E-state index contributed by atoms with van der Waals surface area (Å²) in [5.41, 5.74) is 2.63. The van der Waals surface area contributed by atoms with Gasteiger partial charge in [-0.2, -0.15) is 9.97 Å². The van der Waals surface area contributed by atoms with Gasteiger partial charge in [0.05, 0.1) is 31.5 Å². The van der Waals surface area contributed by atoms with Crippen LogP contribution in [-0.2, 0) is 5.41 Å². The van der Waals surface area contributed by atoms with Gasteiger partial charge in [-0.3, -0.25) is 9.59 Å². The van der Waals surface area contributed by atoms with Crippen LogP contribution in [0.3, 0.4) is 0 Å². The van der Waals surface area contributed by atoms with Gasteiger partial charge in [0.1, 0.15) is 0 Å². The molecule has 0 spiro atoms.